The van der Waals surface area contributed by atoms with Crippen molar-refractivity contribution in [2.45, 2.75) is 51.7 Å². The second-order valence-corrected chi connectivity index (χ2v) is 5.91. The molecule has 0 aromatic rings. The van der Waals surface area contributed by atoms with Crippen LogP contribution in [-0.2, 0) is 4.74 Å². The van der Waals surface area contributed by atoms with Crippen molar-refractivity contribution in [1.29, 1.82) is 0 Å². The molecule has 0 saturated heterocycles. The largest absolute Gasteiger partial charge is 0.444 e. The van der Waals surface area contributed by atoms with Gasteiger partial charge in [0, 0.05) is 19.0 Å². The van der Waals surface area contributed by atoms with Gasteiger partial charge in [0.05, 0.1) is 4.99 Å². The number of thiocarbonyl (C=S) groups is 1. The minimum Gasteiger partial charge on any atom is -0.444 e. The SMILES string of the molecule is CNC(=S)[C@H]1CC[C@H](NC(=O)OC(C)(C)C)C1. The molecule has 0 bridgehead atoms. The summed E-state index contributed by atoms with van der Waals surface area (Å²) in [7, 11) is 1.84. The molecular formula is C12H22N2O2S. The van der Waals surface area contributed by atoms with Crippen LogP contribution in [0.5, 0.6) is 0 Å². The van der Waals surface area contributed by atoms with Crippen LogP contribution in [-0.4, -0.2) is 29.8 Å². The van der Waals surface area contributed by atoms with Crippen molar-refractivity contribution in [3.05, 3.63) is 0 Å². The summed E-state index contributed by atoms with van der Waals surface area (Å²) in [5, 5.41) is 5.90. The van der Waals surface area contributed by atoms with Crippen molar-refractivity contribution < 1.29 is 9.53 Å². The van der Waals surface area contributed by atoms with E-state index in [-0.39, 0.29) is 12.1 Å². The molecule has 98 valence electrons. The van der Waals surface area contributed by atoms with Gasteiger partial charge in [-0.05, 0) is 40.0 Å². The van der Waals surface area contributed by atoms with Gasteiger partial charge in [-0.3, -0.25) is 0 Å². The maximum absolute atomic E-state index is 11.6. The Bertz CT molecular complexity index is 299. The van der Waals surface area contributed by atoms with Crippen LogP contribution in [0.25, 0.3) is 0 Å². The maximum atomic E-state index is 11.6. The normalized spacial score (nSPS) is 24.2. The Balaban J connectivity index is 2.35. The Morgan fingerprint density at radius 2 is 2.00 bits per heavy atom. The first kappa shape index (κ1) is 14.2. The van der Waals surface area contributed by atoms with Gasteiger partial charge in [0.15, 0.2) is 0 Å². The van der Waals surface area contributed by atoms with Crippen molar-refractivity contribution in [1.82, 2.24) is 10.6 Å². The third-order valence-corrected chi connectivity index (χ3v) is 3.31. The summed E-state index contributed by atoms with van der Waals surface area (Å²) in [6, 6.07) is 0.182. The van der Waals surface area contributed by atoms with Gasteiger partial charge in [-0.1, -0.05) is 12.2 Å². The standard InChI is InChI=1S/C12H22N2O2S/c1-12(2,3)16-11(15)14-9-6-5-8(7-9)10(17)13-4/h8-9H,5-7H2,1-4H3,(H,13,17)(H,14,15)/t8-,9-/m0/s1. The van der Waals surface area contributed by atoms with Crippen LogP contribution in [0.2, 0.25) is 0 Å². The molecule has 0 aliphatic heterocycles. The van der Waals surface area contributed by atoms with Gasteiger partial charge < -0.3 is 15.4 Å². The number of rotatable bonds is 2. The number of nitrogens with one attached hydrogen (secondary N) is 2. The Morgan fingerprint density at radius 3 is 2.53 bits per heavy atom. The number of ether oxygens (including phenoxy) is 1. The van der Waals surface area contributed by atoms with E-state index >= 15 is 0 Å². The van der Waals surface area contributed by atoms with Gasteiger partial charge in [-0.2, -0.15) is 0 Å². The van der Waals surface area contributed by atoms with Crippen LogP contribution in [0.3, 0.4) is 0 Å². The Hall–Kier alpha value is -0.840. The second kappa shape index (κ2) is 5.67. The van der Waals surface area contributed by atoms with E-state index in [0.29, 0.717) is 5.92 Å². The molecule has 5 heteroatoms. The van der Waals surface area contributed by atoms with Crippen molar-refractivity contribution >= 4 is 23.3 Å². The number of carbonyl (C=O) groups excluding carboxylic acids is 1. The average Bonchev–Trinajstić information content (AvgIpc) is 2.62. The fourth-order valence-electron chi connectivity index (χ4n) is 2.03. The van der Waals surface area contributed by atoms with Crippen LogP contribution in [0, 0.1) is 5.92 Å². The van der Waals surface area contributed by atoms with E-state index < -0.39 is 5.60 Å². The molecular weight excluding hydrogens is 236 g/mol. The minimum atomic E-state index is -0.442. The van der Waals surface area contributed by atoms with Crippen molar-refractivity contribution in [2.24, 2.45) is 5.92 Å². The van der Waals surface area contributed by atoms with Gasteiger partial charge in [0.1, 0.15) is 5.60 Å². The van der Waals surface area contributed by atoms with Crippen LogP contribution in [0.15, 0.2) is 0 Å². The summed E-state index contributed by atoms with van der Waals surface area (Å²) < 4.78 is 5.22. The smallest absolute Gasteiger partial charge is 0.407 e. The molecule has 1 aliphatic carbocycles. The molecule has 1 amide bonds. The molecule has 17 heavy (non-hydrogen) atoms. The average molecular weight is 258 g/mol. The number of amides is 1. The fraction of sp³-hybridized carbons (Fsp3) is 0.833. The number of alkyl carbamates (subject to hydrolysis) is 1. The highest BCUT2D eigenvalue weighted by Crippen LogP contribution is 2.26. The lowest BCUT2D eigenvalue weighted by Crippen LogP contribution is -2.38. The summed E-state index contributed by atoms with van der Waals surface area (Å²) in [5.41, 5.74) is -0.442. The predicted molar refractivity (Wildman–Crippen MR) is 72.2 cm³/mol. The van der Waals surface area contributed by atoms with E-state index in [1.807, 2.05) is 27.8 Å². The number of hydrogen-bond acceptors (Lipinski definition) is 3. The highest BCUT2D eigenvalue weighted by molar-refractivity contribution is 7.80. The van der Waals surface area contributed by atoms with Crippen LogP contribution >= 0.6 is 12.2 Å². The highest BCUT2D eigenvalue weighted by Gasteiger charge is 2.29. The number of carbonyl (C=O) groups is 1. The molecule has 1 fully saturated rings. The van der Waals surface area contributed by atoms with Crippen molar-refractivity contribution in [2.75, 3.05) is 7.05 Å². The predicted octanol–water partition coefficient (Wildman–Crippen LogP) is 2.23. The summed E-state index contributed by atoms with van der Waals surface area (Å²) in [5.74, 6) is 0.384. The van der Waals surface area contributed by atoms with Crippen molar-refractivity contribution in [3.8, 4) is 0 Å². The number of hydrogen-bond donors (Lipinski definition) is 2. The van der Waals surface area contributed by atoms with Gasteiger partial charge in [0.25, 0.3) is 0 Å². The molecule has 1 rings (SSSR count). The van der Waals surface area contributed by atoms with E-state index in [9.17, 15) is 4.79 Å². The monoisotopic (exact) mass is 258 g/mol. The zero-order valence-corrected chi connectivity index (χ0v) is 11.8. The zero-order valence-electron chi connectivity index (χ0n) is 11.0. The third-order valence-electron chi connectivity index (χ3n) is 2.77. The van der Waals surface area contributed by atoms with E-state index in [4.69, 9.17) is 17.0 Å². The van der Waals surface area contributed by atoms with Crippen LogP contribution < -0.4 is 10.6 Å². The topological polar surface area (TPSA) is 50.4 Å². The molecule has 2 atom stereocenters. The lowest BCUT2D eigenvalue weighted by atomic mass is 10.1. The van der Waals surface area contributed by atoms with Gasteiger partial charge in [-0.25, -0.2) is 4.79 Å². The van der Waals surface area contributed by atoms with Gasteiger partial charge in [0.2, 0.25) is 0 Å². The lowest BCUT2D eigenvalue weighted by molar-refractivity contribution is 0.0505. The summed E-state index contributed by atoms with van der Waals surface area (Å²) in [4.78, 5) is 12.5. The van der Waals surface area contributed by atoms with E-state index in [2.05, 4.69) is 10.6 Å². The first-order valence-electron chi connectivity index (χ1n) is 6.03. The van der Waals surface area contributed by atoms with E-state index in [1.165, 1.54) is 0 Å². The lowest BCUT2D eigenvalue weighted by Gasteiger charge is -2.21. The molecule has 0 unspecified atom stereocenters. The van der Waals surface area contributed by atoms with E-state index in [1.54, 1.807) is 0 Å². The van der Waals surface area contributed by atoms with Crippen LogP contribution in [0.1, 0.15) is 40.0 Å². The maximum Gasteiger partial charge on any atom is 0.407 e. The molecule has 0 aromatic carbocycles. The first-order valence-corrected chi connectivity index (χ1v) is 6.44. The Kier molecular flexibility index (Phi) is 4.74. The molecule has 0 heterocycles. The second-order valence-electron chi connectivity index (χ2n) is 5.47. The van der Waals surface area contributed by atoms with Gasteiger partial charge in [-0.15, -0.1) is 0 Å². The molecule has 0 radical (unpaired) electrons. The molecule has 4 nitrogen and oxygen atoms in total. The Labute approximate surface area is 108 Å². The fourth-order valence-corrected chi connectivity index (χ4v) is 2.24. The van der Waals surface area contributed by atoms with Gasteiger partial charge >= 0.3 is 6.09 Å². The third kappa shape index (κ3) is 4.89. The van der Waals surface area contributed by atoms with Crippen LogP contribution in [0.4, 0.5) is 4.79 Å². The summed E-state index contributed by atoms with van der Waals surface area (Å²) in [6.45, 7) is 5.58. The summed E-state index contributed by atoms with van der Waals surface area (Å²) >= 11 is 5.21. The minimum absolute atomic E-state index is 0.182. The molecule has 2 N–H and O–H groups in total. The molecule has 0 aromatic heterocycles. The molecule has 0 spiro atoms. The molecule has 1 aliphatic rings. The van der Waals surface area contributed by atoms with E-state index in [0.717, 1.165) is 24.3 Å². The quantitative estimate of drug-likeness (QED) is 0.746. The Morgan fingerprint density at radius 1 is 1.35 bits per heavy atom. The first-order chi connectivity index (χ1) is 7.81. The highest BCUT2D eigenvalue weighted by atomic mass is 32.1. The zero-order chi connectivity index (χ0) is 13.1. The van der Waals surface area contributed by atoms with Crippen molar-refractivity contribution in [3.63, 3.8) is 0 Å². The summed E-state index contributed by atoms with van der Waals surface area (Å²) in [6.07, 6.45) is 2.56. The molecule has 1 saturated carbocycles.